The van der Waals surface area contributed by atoms with Gasteiger partial charge in [0, 0.05) is 18.2 Å². The van der Waals surface area contributed by atoms with E-state index in [0.29, 0.717) is 0 Å². The lowest BCUT2D eigenvalue weighted by atomic mass is 10.2. The molecule has 1 fully saturated rings. The minimum Gasteiger partial charge on any atom is -0.508 e. The van der Waals surface area contributed by atoms with Crippen LogP contribution in [0.4, 0.5) is 34.1 Å². The lowest BCUT2D eigenvalue weighted by Crippen LogP contribution is -2.95. The molecule has 63 heavy (non-hydrogen) atoms. The fourth-order valence-corrected chi connectivity index (χ4v) is 6.44. The van der Waals surface area contributed by atoms with Crippen molar-refractivity contribution < 1.29 is 46.0 Å². The third-order valence-electron chi connectivity index (χ3n) is 9.11. The molecule has 0 unspecified atom stereocenters. The lowest BCUT2D eigenvalue weighted by molar-refractivity contribution is 0.0727. The molecule has 8 rings (SSSR count). The van der Waals surface area contributed by atoms with E-state index in [1.165, 1.54) is 91.8 Å². The zero-order chi connectivity index (χ0) is 44.6. The van der Waals surface area contributed by atoms with Crippen molar-refractivity contribution in [1.29, 1.82) is 0 Å². The molecule has 0 amide bonds. The van der Waals surface area contributed by atoms with Crippen molar-refractivity contribution >= 4 is 34.1 Å². The first-order valence-corrected chi connectivity index (χ1v) is 18.8. The molecule has 0 spiro atoms. The van der Waals surface area contributed by atoms with Gasteiger partial charge in [0.25, 0.3) is 0 Å². The highest BCUT2D eigenvalue weighted by molar-refractivity contribution is 5.69. The first kappa shape index (κ1) is 42.3. The topological polar surface area (TPSA) is 329 Å². The molecule has 21 heteroatoms. The Morgan fingerprint density at radius 2 is 0.540 bits per heavy atom. The highest BCUT2D eigenvalue weighted by Crippen LogP contribution is 2.39. The summed E-state index contributed by atoms with van der Waals surface area (Å²) < 4.78 is 0. The number of anilines is 6. The van der Waals surface area contributed by atoms with Crippen molar-refractivity contribution in [3.8, 4) is 51.7 Å². The Labute approximate surface area is 358 Å². The highest BCUT2D eigenvalue weighted by atomic mass is 16.3. The molecule has 324 valence electrons. The minimum atomic E-state index is -2.12. The van der Waals surface area contributed by atoms with Crippen LogP contribution in [0, 0.1) is 0 Å². The number of nitrogens with one attached hydrogen (secondary N) is 9. The summed E-state index contributed by atoms with van der Waals surface area (Å²) in [6, 6.07) is 29.8. The van der Waals surface area contributed by atoms with Gasteiger partial charge in [-0.25, -0.2) is 30.9 Å². The summed E-state index contributed by atoms with van der Waals surface area (Å²) in [5.74, 6) is -9.11. The van der Waals surface area contributed by atoms with Crippen molar-refractivity contribution in [3.05, 3.63) is 146 Å². The molecule has 18 N–H and O–H groups in total. The number of phenols is 9. The molecule has 0 radical (unpaired) electrons. The number of para-hydroxylation sites is 6. The smallest absolute Gasteiger partial charge is 0.233 e. The maximum Gasteiger partial charge on any atom is 0.233 e. The second kappa shape index (κ2) is 17.8. The van der Waals surface area contributed by atoms with Crippen LogP contribution in [0.15, 0.2) is 146 Å². The zero-order valence-electron chi connectivity index (χ0n) is 32.7. The molecule has 1 aliphatic rings. The Bertz CT molecular complexity index is 2380. The van der Waals surface area contributed by atoms with Gasteiger partial charge >= 0.3 is 0 Å². The van der Waals surface area contributed by atoms with Gasteiger partial charge in [-0.3, -0.25) is 0 Å². The Morgan fingerprint density at radius 1 is 0.302 bits per heavy atom. The number of hydrogen-bond acceptors (Lipinski definition) is 21. The van der Waals surface area contributed by atoms with Crippen LogP contribution in [-0.2, 0) is 0 Å². The fourth-order valence-electron chi connectivity index (χ4n) is 6.44. The summed E-state index contributed by atoms with van der Waals surface area (Å²) in [6.45, 7) is 0. The van der Waals surface area contributed by atoms with Gasteiger partial charge in [0.05, 0.1) is 34.1 Å². The molecule has 1 saturated heterocycles. The first-order chi connectivity index (χ1) is 30.2. The monoisotopic (exact) mass is 858 g/mol. The maximum atomic E-state index is 11.1. The maximum absolute atomic E-state index is 11.1. The van der Waals surface area contributed by atoms with E-state index in [-0.39, 0.29) is 68.6 Å². The Balaban J connectivity index is 0.000000915. The number of phenolic OH excluding ortho intramolecular Hbond substituents is 9. The Hall–Kier alpha value is -8.79. The van der Waals surface area contributed by atoms with Crippen LogP contribution < -0.4 is 47.9 Å². The fraction of sp³-hybridized carbons (Fsp3) is 0.0714. The molecule has 2 heterocycles. The van der Waals surface area contributed by atoms with E-state index >= 15 is 0 Å². The molecule has 0 bridgehead atoms. The number of rotatable bonds is 12. The average molecular weight is 859 g/mol. The standard InChI is InChI=1S/C39H39N9O9.C3H3N3/c49-22-13-16-28(34(55)19-22)43-37(40-25-7-1-4-10-31(25)52)46-38(41-26-8-2-5-11-32(26)53,44-29-17-14-23(50)20-35(29)56)48-39(47-37,42-27-9-3-6-12-33(27)54)45-30-18-15-24(51)21-36(30)57;1-4-2-6-3-5-1/h1-21,40-57H;1-3H. The van der Waals surface area contributed by atoms with Gasteiger partial charge in [-0.15, -0.1) is 0 Å². The van der Waals surface area contributed by atoms with Gasteiger partial charge in [-0.05, 0) is 72.8 Å². The molecule has 21 nitrogen and oxygen atoms in total. The predicted molar refractivity (Wildman–Crippen MR) is 233 cm³/mol. The Kier molecular flexibility index (Phi) is 12.0. The number of nitrogens with zero attached hydrogens (tertiary/aromatic N) is 3. The molecular weight excluding hydrogens is 817 g/mol. The van der Waals surface area contributed by atoms with Gasteiger partial charge in [-0.1, -0.05) is 36.4 Å². The van der Waals surface area contributed by atoms with E-state index < -0.39 is 35.0 Å². The van der Waals surface area contributed by atoms with E-state index in [4.69, 9.17) is 0 Å². The number of aromatic hydroxyl groups is 9. The quantitative estimate of drug-likeness (QED) is 0.0457. The van der Waals surface area contributed by atoms with E-state index in [1.54, 1.807) is 36.4 Å². The van der Waals surface area contributed by atoms with Crippen molar-refractivity contribution in [1.82, 2.24) is 30.9 Å². The molecule has 0 atom stereocenters. The third-order valence-corrected chi connectivity index (χ3v) is 9.11. The summed E-state index contributed by atoms with van der Waals surface area (Å²) in [7, 11) is 0. The average Bonchev–Trinajstić information content (AvgIpc) is 3.25. The van der Waals surface area contributed by atoms with Crippen molar-refractivity contribution in [2.24, 2.45) is 0 Å². The first-order valence-electron chi connectivity index (χ1n) is 18.8. The van der Waals surface area contributed by atoms with E-state index in [0.717, 1.165) is 18.2 Å². The SMILES string of the molecule is Oc1ccc(NC2(Nc3ccccc3O)NC(Nc3ccccc3O)(Nc3ccc(O)cc3O)NC(Nc3ccccc3O)(Nc3ccc(O)cc3O)N2)c(O)c1.c1ncncn1. The number of aromatic nitrogens is 3. The second-order valence-electron chi connectivity index (χ2n) is 13.8. The van der Waals surface area contributed by atoms with Crippen LogP contribution in [0.5, 0.6) is 51.7 Å². The van der Waals surface area contributed by atoms with Crippen molar-refractivity contribution in [2.75, 3.05) is 31.9 Å². The lowest BCUT2D eigenvalue weighted by Gasteiger charge is -2.59. The van der Waals surface area contributed by atoms with E-state index in [2.05, 4.69) is 62.8 Å². The van der Waals surface area contributed by atoms with Crippen LogP contribution in [0.2, 0.25) is 0 Å². The summed E-state index contributed by atoms with van der Waals surface area (Å²) in [4.78, 5) is 10.7. The molecule has 7 aromatic rings. The van der Waals surface area contributed by atoms with Gasteiger partial charge in [0.1, 0.15) is 70.7 Å². The van der Waals surface area contributed by atoms with Crippen LogP contribution in [-0.4, -0.2) is 78.6 Å². The molecule has 0 aliphatic carbocycles. The van der Waals surface area contributed by atoms with Crippen LogP contribution in [0.25, 0.3) is 0 Å². The number of hydrogen-bond donors (Lipinski definition) is 18. The summed E-state index contributed by atoms with van der Waals surface area (Å²) in [6.07, 6.45) is 4.31. The van der Waals surface area contributed by atoms with E-state index in [9.17, 15) is 46.0 Å². The van der Waals surface area contributed by atoms with Crippen LogP contribution in [0.3, 0.4) is 0 Å². The van der Waals surface area contributed by atoms with Crippen LogP contribution >= 0.6 is 0 Å². The Morgan fingerprint density at radius 3 is 0.762 bits per heavy atom. The van der Waals surface area contributed by atoms with Crippen LogP contribution in [0.1, 0.15) is 0 Å². The third kappa shape index (κ3) is 10.2. The summed E-state index contributed by atoms with van der Waals surface area (Å²) >= 11 is 0. The van der Waals surface area contributed by atoms with Gasteiger partial charge in [-0.2, -0.15) is 0 Å². The van der Waals surface area contributed by atoms with Gasteiger partial charge < -0.3 is 77.9 Å². The van der Waals surface area contributed by atoms with Gasteiger partial charge in [0.15, 0.2) is 0 Å². The van der Waals surface area contributed by atoms with E-state index in [1.807, 2.05) is 0 Å². The molecule has 1 aliphatic heterocycles. The normalized spacial score (nSPS) is 19.0. The minimum absolute atomic E-state index is 0.00880. The summed E-state index contributed by atoms with van der Waals surface area (Å²) in [5, 5.41) is 126. The largest absolute Gasteiger partial charge is 0.508 e. The van der Waals surface area contributed by atoms with Gasteiger partial charge in [0.2, 0.25) is 17.7 Å². The molecule has 6 aromatic carbocycles. The molecule has 0 saturated carbocycles. The number of benzene rings is 6. The molecular formula is C42H42N12O9. The zero-order valence-corrected chi connectivity index (χ0v) is 32.7. The summed E-state index contributed by atoms with van der Waals surface area (Å²) in [5.41, 5.74) is 0.260. The van der Waals surface area contributed by atoms with Crippen molar-refractivity contribution in [3.63, 3.8) is 0 Å². The predicted octanol–water partition coefficient (Wildman–Crippen LogP) is 4.50. The second-order valence-corrected chi connectivity index (χ2v) is 13.8. The highest BCUT2D eigenvalue weighted by Gasteiger charge is 2.56. The molecule has 1 aromatic heterocycles. The van der Waals surface area contributed by atoms with Crippen molar-refractivity contribution in [2.45, 2.75) is 17.7 Å².